The number of rotatable bonds is 10. The van der Waals surface area contributed by atoms with Crippen LogP contribution in [0.3, 0.4) is 0 Å². The third kappa shape index (κ3) is 4.83. The fourth-order valence-corrected chi connectivity index (χ4v) is 6.21. The molecule has 5 rings (SSSR count). The van der Waals surface area contributed by atoms with Gasteiger partial charge < -0.3 is 30.5 Å². The molecule has 2 amide bonds. The number of hydrogen-bond acceptors (Lipinski definition) is 13. The van der Waals surface area contributed by atoms with Crippen LogP contribution in [0, 0.1) is 0 Å². The number of carboxylic acids is 1. The smallest absolute Gasteiger partial charge is 0.372 e. The number of nitrogens with two attached hydrogens (primary N) is 1. The van der Waals surface area contributed by atoms with Crippen molar-refractivity contribution >= 4 is 51.9 Å². The van der Waals surface area contributed by atoms with Gasteiger partial charge in [0.1, 0.15) is 19.4 Å². The standard InChI is InChI=1S/C29H27N5O10S/c1-41-25(40)29(17-9-5-3-6-10-17,18-11-7-4-8-12-18)27(32-22(36)21(33-42-2)19-15-45-26(30)31-19)16-43-34(23(27)37)28(24(38)39)14-13-20(35)44-28/h3-12,15H,13-14,16H2,1-2H3,(H2,30,31)(H,32,36)(H,38,39). The Bertz CT molecular complexity index is 1640. The molecule has 2 aliphatic rings. The van der Waals surface area contributed by atoms with Gasteiger partial charge in [-0.1, -0.05) is 65.8 Å². The molecule has 0 spiro atoms. The number of hydrogen-bond donors (Lipinski definition) is 3. The minimum absolute atomic E-state index is 0.00922. The summed E-state index contributed by atoms with van der Waals surface area (Å²) in [6, 6.07) is 16.0. The number of aromatic nitrogens is 1. The van der Waals surface area contributed by atoms with Crippen molar-refractivity contribution in [3.8, 4) is 0 Å². The lowest BCUT2D eigenvalue weighted by Gasteiger charge is -2.45. The minimum atomic E-state index is -2.59. The van der Waals surface area contributed by atoms with Crippen molar-refractivity contribution in [2.24, 2.45) is 5.16 Å². The Morgan fingerprint density at radius 3 is 2.18 bits per heavy atom. The maximum Gasteiger partial charge on any atom is 0.372 e. The van der Waals surface area contributed by atoms with Crippen molar-refractivity contribution in [1.82, 2.24) is 15.4 Å². The van der Waals surface area contributed by atoms with Crippen molar-refractivity contribution in [2.45, 2.75) is 29.5 Å². The van der Waals surface area contributed by atoms with E-state index >= 15 is 0 Å². The number of oxime groups is 1. The summed E-state index contributed by atoms with van der Waals surface area (Å²) in [6.45, 7) is -0.817. The van der Waals surface area contributed by atoms with E-state index < -0.39 is 65.1 Å². The van der Waals surface area contributed by atoms with Gasteiger partial charge in [-0.3, -0.25) is 24.0 Å². The summed E-state index contributed by atoms with van der Waals surface area (Å²) in [6.07, 6.45) is -0.804. The van der Waals surface area contributed by atoms with E-state index in [9.17, 15) is 29.1 Å². The quantitative estimate of drug-likeness (QED) is 0.161. The number of ether oxygens (including phenoxy) is 2. The van der Waals surface area contributed by atoms with Gasteiger partial charge in [-0.2, -0.15) is 5.06 Å². The van der Waals surface area contributed by atoms with Crippen LogP contribution in [0.1, 0.15) is 29.7 Å². The zero-order chi connectivity index (χ0) is 32.4. The van der Waals surface area contributed by atoms with Crippen LogP contribution < -0.4 is 11.1 Å². The van der Waals surface area contributed by atoms with Gasteiger partial charge >= 0.3 is 23.6 Å². The maximum absolute atomic E-state index is 14.9. The van der Waals surface area contributed by atoms with Crippen LogP contribution >= 0.6 is 11.3 Å². The Morgan fingerprint density at radius 2 is 1.71 bits per heavy atom. The summed E-state index contributed by atoms with van der Waals surface area (Å²) in [7, 11) is 2.28. The molecule has 15 nitrogen and oxygen atoms in total. The van der Waals surface area contributed by atoms with Gasteiger partial charge in [0.2, 0.25) is 0 Å². The van der Waals surface area contributed by atoms with Crippen LogP contribution in [0.2, 0.25) is 0 Å². The number of nitrogen functional groups attached to an aromatic ring is 1. The number of carbonyl (C=O) groups is 5. The molecule has 2 fully saturated rings. The Kier molecular flexibility index (Phi) is 8.27. The topological polar surface area (TPSA) is 209 Å². The third-order valence-corrected chi connectivity index (χ3v) is 8.28. The number of thiazole rings is 1. The van der Waals surface area contributed by atoms with E-state index in [1.165, 1.54) is 12.5 Å². The molecule has 2 unspecified atom stereocenters. The lowest BCUT2D eigenvalue weighted by Crippen LogP contribution is -2.73. The SMILES string of the molecule is CON=C(C(=O)NC1(C(C(=O)OC)(c2ccccc2)c2ccccc2)CON(C2(C(=O)O)CCC(=O)O2)C1=O)c1csc(N)n1. The summed E-state index contributed by atoms with van der Waals surface area (Å²) in [5, 5.41) is 18.6. The number of nitrogens with zero attached hydrogens (tertiary/aromatic N) is 3. The largest absolute Gasteiger partial charge is 0.477 e. The number of aliphatic carboxylic acids is 1. The summed E-state index contributed by atoms with van der Waals surface area (Å²) >= 11 is 1.01. The van der Waals surface area contributed by atoms with Gasteiger partial charge in [0, 0.05) is 11.8 Å². The van der Waals surface area contributed by atoms with E-state index in [0.29, 0.717) is 5.06 Å². The number of benzene rings is 2. The van der Waals surface area contributed by atoms with Crippen molar-refractivity contribution in [1.29, 1.82) is 0 Å². The molecule has 2 saturated heterocycles. The predicted molar refractivity (Wildman–Crippen MR) is 155 cm³/mol. The van der Waals surface area contributed by atoms with Gasteiger partial charge in [0.15, 0.2) is 21.8 Å². The number of carboxylic acid groups (broad SMARTS) is 1. The number of methoxy groups -OCH3 is 1. The summed E-state index contributed by atoms with van der Waals surface area (Å²) < 4.78 is 10.5. The second kappa shape index (κ2) is 12.0. The van der Waals surface area contributed by atoms with E-state index in [1.807, 2.05) is 0 Å². The molecule has 1 aromatic heterocycles. The molecular weight excluding hydrogens is 610 g/mol. The molecule has 2 atom stereocenters. The van der Waals surface area contributed by atoms with Gasteiger partial charge in [-0.15, -0.1) is 11.3 Å². The first-order valence-electron chi connectivity index (χ1n) is 13.3. The lowest BCUT2D eigenvalue weighted by atomic mass is 9.60. The summed E-state index contributed by atoms with van der Waals surface area (Å²) in [4.78, 5) is 83.0. The van der Waals surface area contributed by atoms with Crippen LogP contribution in [0.4, 0.5) is 5.13 Å². The molecule has 4 N–H and O–H groups in total. The highest BCUT2D eigenvalue weighted by atomic mass is 32.1. The fourth-order valence-electron chi connectivity index (χ4n) is 5.66. The van der Waals surface area contributed by atoms with Gasteiger partial charge in [0.25, 0.3) is 11.8 Å². The predicted octanol–water partition coefficient (Wildman–Crippen LogP) is 0.982. The van der Waals surface area contributed by atoms with Gasteiger partial charge in [-0.05, 0) is 11.1 Å². The van der Waals surface area contributed by atoms with E-state index in [2.05, 4.69) is 15.5 Å². The first-order chi connectivity index (χ1) is 21.6. The molecule has 234 valence electrons. The number of hydroxylamine groups is 2. The van der Waals surface area contributed by atoms with E-state index in [-0.39, 0.29) is 28.4 Å². The molecule has 0 aliphatic carbocycles. The average Bonchev–Trinajstić information content (AvgIpc) is 3.75. The lowest BCUT2D eigenvalue weighted by molar-refractivity contribution is -0.256. The zero-order valence-corrected chi connectivity index (χ0v) is 24.7. The maximum atomic E-state index is 14.9. The van der Waals surface area contributed by atoms with Gasteiger partial charge in [0.05, 0.1) is 13.5 Å². The fraction of sp³-hybridized carbons (Fsp3) is 0.276. The van der Waals surface area contributed by atoms with Crippen molar-refractivity contribution < 1.29 is 48.2 Å². The molecule has 2 aromatic carbocycles. The highest BCUT2D eigenvalue weighted by molar-refractivity contribution is 7.13. The molecule has 45 heavy (non-hydrogen) atoms. The highest BCUT2D eigenvalue weighted by Crippen LogP contribution is 2.49. The molecule has 0 bridgehead atoms. The highest BCUT2D eigenvalue weighted by Gasteiger charge is 2.73. The summed E-state index contributed by atoms with van der Waals surface area (Å²) in [5.41, 5.74) is -1.60. The first kappa shape index (κ1) is 31.1. The van der Waals surface area contributed by atoms with E-state index in [1.54, 1.807) is 60.7 Å². The number of amides is 2. The van der Waals surface area contributed by atoms with Crippen LogP contribution in [-0.4, -0.2) is 82.7 Å². The molecule has 0 radical (unpaired) electrons. The molecule has 2 aliphatic heterocycles. The zero-order valence-electron chi connectivity index (χ0n) is 23.9. The molecule has 0 saturated carbocycles. The summed E-state index contributed by atoms with van der Waals surface area (Å²) in [5.74, 6) is -5.88. The van der Waals surface area contributed by atoms with Crippen LogP contribution in [-0.2, 0) is 48.5 Å². The Morgan fingerprint density at radius 1 is 1.09 bits per heavy atom. The molecule has 16 heteroatoms. The van der Waals surface area contributed by atoms with Crippen LogP contribution in [0.5, 0.6) is 0 Å². The molecule has 3 heterocycles. The van der Waals surface area contributed by atoms with Crippen LogP contribution in [0.25, 0.3) is 0 Å². The average molecular weight is 638 g/mol. The van der Waals surface area contributed by atoms with Gasteiger partial charge in [-0.25, -0.2) is 9.78 Å². The number of nitrogens with one attached hydrogen (secondary N) is 1. The van der Waals surface area contributed by atoms with Crippen molar-refractivity contribution in [2.75, 3.05) is 26.6 Å². The van der Waals surface area contributed by atoms with E-state index in [4.69, 9.17) is 24.9 Å². The number of carbonyl (C=O) groups excluding carboxylic acids is 4. The molecular formula is C29H27N5O10S. The second-order valence-electron chi connectivity index (χ2n) is 9.96. The Labute approximate surface area is 259 Å². The van der Waals surface area contributed by atoms with Crippen LogP contribution in [0.15, 0.2) is 71.2 Å². The monoisotopic (exact) mass is 637 g/mol. The second-order valence-corrected chi connectivity index (χ2v) is 10.9. The number of esters is 2. The van der Waals surface area contributed by atoms with Crippen molar-refractivity contribution in [3.63, 3.8) is 0 Å². The van der Waals surface area contributed by atoms with E-state index in [0.717, 1.165) is 18.4 Å². The van der Waals surface area contributed by atoms with Crippen molar-refractivity contribution in [3.05, 3.63) is 82.9 Å². The third-order valence-electron chi connectivity index (χ3n) is 7.61. The Balaban J connectivity index is 1.81. The number of anilines is 1. The Hall–Kier alpha value is -5.35. The normalized spacial score (nSPS) is 21.7. The minimum Gasteiger partial charge on any atom is -0.477 e. The number of cyclic esters (lactones) is 1. The first-order valence-corrected chi connectivity index (χ1v) is 14.2. The molecule has 3 aromatic rings.